The molecule has 0 spiro atoms. The maximum absolute atomic E-state index is 13.5. The fraction of sp³-hybridized carbons (Fsp3) is 0.448. The van der Waals surface area contributed by atoms with Gasteiger partial charge in [0.1, 0.15) is 0 Å². The van der Waals surface area contributed by atoms with E-state index in [9.17, 15) is 9.59 Å². The molecule has 4 saturated carbocycles. The molecule has 0 aliphatic heterocycles. The summed E-state index contributed by atoms with van der Waals surface area (Å²) in [4.78, 5) is 26.0. The van der Waals surface area contributed by atoms with Crippen LogP contribution in [0.1, 0.15) is 51.0 Å². The normalized spacial score (nSPS) is 26.1. The van der Waals surface area contributed by atoms with Gasteiger partial charge in [-0.2, -0.15) is 0 Å². The minimum absolute atomic E-state index is 0.0305. The maximum atomic E-state index is 13.5. The second-order valence-corrected chi connectivity index (χ2v) is 13.8. The molecule has 4 fully saturated rings. The molecule has 0 unspecified atom stereocenters. The summed E-state index contributed by atoms with van der Waals surface area (Å²) in [5, 5.41) is 0. The van der Waals surface area contributed by atoms with E-state index in [0.717, 1.165) is 34.0 Å². The molecule has 0 atom stereocenters. The van der Waals surface area contributed by atoms with E-state index in [0.29, 0.717) is 23.5 Å². The summed E-state index contributed by atoms with van der Waals surface area (Å²) in [6.45, 7) is 6.09. The molecule has 0 aromatic heterocycles. The zero-order valence-corrected chi connectivity index (χ0v) is 22.8. The zero-order valence-electron chi connectivity index (χ0n) is 20.6. The van der Waals surface area contributed by atoms with Gasteiger partial charge < -0.3 is 0 Å². The molecule has 0 N–H and O–H groups in total. The van der Waals surface area contributed by atoms with Gasteiger partial charge in [0.15, 0.2) is 0 Å². The summed E-state index contributed by atoms with van der Waals surface area (Å²) < 4.78 is 23.4. The van der Waals surface area contributed by atoms with Crippen molar-refractivity contribution in [3.05, 3.63) is 70.3 Å². The van der Waals surface area contributed by atoms with Crippen molar-refractivity contribution >= 4 is 38.3 Å². The average Bonchev–Trinajstić information content (AvgIpc) is 2.86. The van der Waals surface area contributed by atoms with E-state index in [1.165, 1.54) is 19.3 Å². The Hall–Kier alpha value is -2.55. The second-order valence-electron chi connectivity index (χ2n) is 10.4. The molecule has 0 amide bonds. The van der Waals surface area contributed by atoms with Crippen LogP contribution in [0.3, 0.4) is 0 Å². The summed E-state index contributed by atoms with van der Waals surface area (Å²) in [5.41, 5.74) is 1.62. The quantitative estimate of drug-likeness (QED) is 0.171. The molecule has 2 aromatic rings. The van der Waals surface area contributed by atoms with Gasteiger partial charge in [-0.3, -0.25) is 0 Å². The van der Waals surface area contributed by atoms with E-state index >= 15 is 0 Å². The topological polar surface area (TPSA) is 71.1 Å². The molecule has 4 aliphatic rings. The molecule has 0 heterocycles. The van der Waals surface area contributed by atoms with Gasteiger partial charge in [-0.1, -0.05) is 0 Å². The SMILES string of the molecule is C=C(C)c1ccc(OCCOC(=O)OI(OC(=O)C23CC4CC(CC(C4)C2)C3)c2ccccc2)cc1. The molecular formula is C29H33IO6. The van der Waals surface area contributed by atoms with Crippen LogP contribution in [0.25, 0.3) is 5.57 Å². The third-order valence-electron chi connectivity index (χ3n) is 7.57. The van der Waals surface area contributed by atoms with Gasteiger partial charge in [-0.05, 0) is 0 Å². The van der Waals surface area contributed by atoms with Crippen LogP contribution >= 0.6 is 20.6 Å². The van der Waals surface area contributed by atoms with Gasteiger partial charge >= 0.3 is 221 Å². The van der Waals surface area contributed by atoms with Crippen LogP contribution in [0, 0.1) is 26.7 Å². The first kappa shape index (κ1) is 25.1. The first-order valence-corrected chi connectivity index (χ1v) is 15.5. The standard InChI is InChI=1S/C29H33IO6/c1-20(2)24-8-10-26(11-9-24)33-12-13-34-28(32)36-30(25-6-4-3-5-7-25)35-27(31)29-17-21-14-22(18-29)16-23(15-21)19-29/h3-11,21-23H,1,12-19H2,2H3. The number of allylic oxidation sites excluding steroid dienone is 1. The van der Waals surface area contributed by atoms with E-state index in [1.807, 2.05) is 61.5 Å². The third-order valence-corrected chi connectivity index (χ3v) is 10.9. The molecular weight excluding hydrogens is 571 g/mol. The Bertz CT molecular complexity index is 1060. The Morgan fingerprint density at radius 3 is 2.08 bits per heavy atom. The second kappa shape index (κ2) is 10.8. The predicted molar refractivity (Wildman–Crippen MR) is 145 cm³/mol. The Kier molecular flexibility index (Phi) is 7.55. The monoisotopic (exact) mass is 604 g/mol. The molecule has 2 aromatic carbocycles. The Balaban J connectivity index is 1.16. The van der Waals surface area contributed by atoms with Crippen LogP contribution in [0.2, 0.25) is 0 Å². The van der Waals surface area contributed by atoms with Crippen LogP contribution < -0.4 is 4.74 Å². The van der Waals surface area contributed by atoms with E-state index in [2.05, 4.69) is 6.58 Å². The summed E-state index contributed by atoms with van der Waals surface area (Å²) >= 11 is -3.05. The molecule has 36 heavy (non-hydrogen) atoms. The van der Waals surface area contributed by atoms with Crippen molar-refractivity contribution in [3.63, 3.8) is 0 Å². The van der Waals surface area contributed by atoms with Crippen molar-refractivity contribution < 1.29 is 25.2 Å². The van der Waals surface area contributed by atoms with Gasteiger partial charge in [-0.15, -0.1) is 0 Å². The first-order chi connectivity index (χ1) is 17.4. The summed E-state index contributed by atoms with van der Waals surface area (Å²) in [6.07, 6.45) is 5.63. The van der Waals surface area contributed by atoms with Crippen molar-refractivity contribution in [2.75, 3.05) is 13.2 Å². The zero-order chi connectivity index (χ0) is 25.1. The van der Waals surface area contributed by atoms with Gasteiger partial charge in [0.2, 0.25) is 0 Å². The number of rotatable bonds is 9. The Morgan fingerprint density at radius 1 is 0.889 bits per heavy atom. The van der Waals surface area contributed by atoms with E-state index in [1.54, 1.807) is 0 Å². The van der Waals surface area contributed by atoms with Gasteiger partial charge in [0, 0.05) is 0 Å². The van der Waals surface area contributed by atoms with Crippen LogP contribution in [-0.4, -0.2) is 25.3 Å². The number of hydrogen-bond acceptors (Lipinski definition) is 6. The van der Waals surface area contributed by atoms with E-state index in [4.69, 9.17) is 15.6 Å². The molecule has 7 heteroatoms. The van der Waals surface area contributed by atoms with Crippen LogP contribution in [0.5, 0.6) is 5.75 Å². The van der Waals surface area contributed by atoms with Crippen LogP contribution in [0.4, 0.5) is 4.79 Å². The minimum atomic E-state index is -3.05. The van der Waals surface area contributed by atoms with E-state index in [-0.39, 0.29) is 19.2 Å². The molecule has 192 valence electrons. The number of hydrogen-bond donors (Lipinski definition) is 0. The Labute approximate surface area is 220 Å². The molecule has 4 aliphatic carbocycles. The van der Waals surface area contributed by atoms with Crippen molar-refractivity contribution in [1.29, 1.82) is 0 Å². The van der Waals surface area contributed by atoms with Crippen molar-refractivity contribution in [2.45, 2.75) is 45.4 Å². The summed E-state index contributed by atoms with van der Waals surface area (Å²) in [5.74, 6) is 2.39. The third kappa shape index (κ3) is 5.71. The average molecular weight is 604 g/mol. The molecule has 6 nitrogen and oxygen atoms in total. The first-order valence-electron chi connectivity index (χ1n) is 12.6. The van der Waals surface area contributed by atoms with Gasteiger partial charge in [0.05, 0.1) is 0 Å². The molecule has 4 bridgehead atoms. The molecule has 0 radical (unpaired) electrons. The van der Waals surface area contributed by atoms with E-state index < -0.39 is 32.2 Å². The Morgan fingerprint density at radius 2 is 1.50 bits per heavy atom. The molecule has 6 rings (SSSR count). The number of carbonyl (C=O) groups is 2. The fourth-order valence-corrected chi connectivity index (χ4v) is 9.21. The fourth-order valence-electron chi connectivity index (χ4n) is 6.33. The van der Waals surface area contributed by atoms with Crippen LogP contribution in [-0.2, 0) is 15.7 Å². The van der Waals surface area contributed by atoms with Crippen molar-refractivity contribution in [2.24, 2.45) is 23.2 Å². The van der Waals surface area contributed by atoms with Gasteiger partial charge in [-0.25, -0.2) is 0 Å². The number of halogens is 1. The predicted octanol–water partition coefficient (Wildman–Crippen LogP) is 7.22. The summed E-state index contributed by atoms with van der Waals surface area (Å²) in [6, 6.07) is 16.9. The number of benzene rings is 2. The van der Waals surface area contributed by atoms with Crippen molar-refractivity contribution in [3.8, 4) is 5.75 Å². The molecule has 0 saturated heterocycles. The van der Waals surface area contributed by atoms with Gasteiger partial charge in [0.25, 0.3) is 0 Å². The number of carbonyl (C=O) groups excluding carboxylic acids is 2. The van der Waals surface area contributed by atoms with Crippen molar-refractivity contribution in [1.82, 2.24) is 0 Å². The summed E-state index contributed by atoms with van der Waals surface area (Å²) in [7, 11) is 0. The number of ether oxygens (including phenoxy) is 2. The van der Waals surface area contributed by atoms with Crippen LogP contribution in [0.15, 0.2) is 61.2 Å².